The first kappa shape index (κ1) is 13.5. The number of nitrogens with zero attached hydrogens (tertiary/aromatic N) is 3. The monoisotopic (exact) mass is 289 g/mol. The molecule has 2 aromatic rings. The fraction of sp³-hybridized carbons (Fsp3) is 0.385. The third kappa shape index (κ3) is 2.33. The van der Waals surface area contributed by atoms with Crippen molar-refractivity contribution in [3.8, 4) is 0 Å². The standard InChI is InChI=1S/C13H15N5O3/c1-17(9-4-5-14-7-9)13(19)12-10-6-8(18(20)21)2-3-11(10)15-16-12/h2-3,6,9,14H,4-5,7H2,1H3,(H,15,16). The largest absolute Gasteiger partial charge is 0.336 e. The molecule has 0 aliphatic carbocycles. The highest BCUT2D eigenvalue weighted by molar-refractivity contribution is 6.05. The van der Waals surface area contributed by atoms with Crippen LogP contribution >= 0.6 is 0 Å². The van der Waals surface area contributed by atoms with Crippen LogP contribution in [-0.4, -0.2) is 52.1 Å². The number of aromatic amines is 1. The summed E-state index contributed by atoms with van der Waals surface area (Å²) >= 11 is 0. The fourth-order valence-electron chi connectivity index (χ4n) is 2.58. The van der Waals surface area contributed by atoms with Crippen LogP contribution in [0.25, 0.3) is 10.9 Å². The molecule has 3 rings (SSSR count). The Hall–Kier alpha value is -2.48. The van der Waals surface area contributed by atoms with E-state index in [4.69, 9.17) is 0 Å². The number of non-ortho nitro benzene ring substituents is 1. The summed E-state index contributed by atoms with van der Waals surface area (Å²) < 4.78 is 0. The number of hydrogen-bond acceptors (Lipinski definition) is 5. The molecular formula is C13H15N5O3. The Kier molecular flexibility index (Phi) is 3.30. The van der Waals surface area contributed by atoms with E-state index in [1.807, 2.05) is 0 Å². The highest BCUT2D eigenvalue weighted by atomic mass is 16.6. The van der Waals surface area contributed by atoms with E-state index in [1.54, 1.807) is 18.0 Å². The number of amides is 1. The van der Waals surface area contributed by atoms with Gasteiger partial charge in [-0.3, -0.25) is 20.0 Å². The van der Waals surface area contributed by atoms with E-state index in [1.165, 1.54) is 12.1 Å². The summed E-state index contributed by atoms with van der Waals surface area (Å²) in [5, 5.41) is 21.3. The third-order valence-corrected chi connectivity index (χ3v) is 3.86. The van der Waals surface area contributed by atoms with Gasteiger partial charge in [-0.1, -0.05) is 0 Å². The van der Waals surface area contributed by atoms with E-state index in [-0.39, 0.29) is 23.3 Å². The van der Waals surface area contributed by atoms with Crippen molar-refractivity contribution in [1.29, 1.82) is 0 Å². The Morgan fingerprint density at radius 2 is 2.33 bits per heavy atom. The van der Waals surface area contributed by atoms with Crippen LogP contribution in [0.2, 0.25) is 0 Å². The van der Waals surface area contributed by atoms with Crippen LogP contribution in [0.5, 0.6) is 0 Å². The van der Waals surface area contributed by atoms with E-state index in [2.05, 4.69) is 15.5 Å². The Labute approximate surface area is 120 Å². The van der Waals surface area contributed by atoms with Gasteiger partial charge in [0, 0.05) is 37.2 Å². The molecule has 1 aromatic heterocycles. The minimum absolute atomic E-state index is 0.0527. The van der Waals surface area contributed by atoms with E-state index in [0.717, 1.165) is 19.5 Å². The van der Waals surface area contributed by atoms with Crippen molar-refractivity contribution >= 4 is 22.5 Å². The quantitative estimate of drug-likeness (QED) is 0.645. The summed E-state index contributed by atoms with van der Waals surface area (Å²) in [4.78, 5) is 24.6. The number of fused-ring (bicyclic) bond motifs is 1. The van der Waals surface area contributed by atoms with Gasteiger partial charge in [-0.15, -0.1) is 0 Å². The summed E-state index contributed by atoms with van der Waals surface area (Å²) in [5.41, 5.74) is 0.785. The zero-order valence-corrected chi connectivity index (χ0v) is 11.5. The van der Waals surface area contributed by atoms with Gasteiger partial charge in [0.1, 0.15) is 0 Å². The molecule has 110 valence electrons. The number of carbonyl (C=O) groups excluding carboxylic acids is 1. The van der Waals surface area contributed by atoms with Gasteiger partial charge in [-0.05, 0) is 19.0 Å². The molecule has 0 bridgehead atoms. The Morgan fingerprint density at radius 3 is 3.00 bits per heavy atom. The van der Waals surface area contributed by atoms with E-state index in [0.29, 0.717) is 10.9 Å². The van der Waals surface area contributed by atoms with Crippen molar-refractivity contribution in [1.82, 2.24) is 20.4 Å². The van der Waals surface area contributed by atoms with Crippen LogP contribution in [0.1, 0.15) is 16.9 Å². The predicted octanol–water partition coefficient (Wildman–Crippen LogP) is 0.905. The second-order valence-electron chi connectivity index (χ2n) is 5.12. The maximum atomic E-state index is 12.5. The highest BCUT2D eigenvalue weighted by Gasteiger charge is 2.27. The SMILES string of the molecule is CN(C(=O)c1n[nH]c2ccc([N+](=O)[O-])cc12)C1CCNC1. The molecule has 21 heavy (non-hydrogen) atoms. The number of H-pyrrole nitrogens is 1. The first-order valence-corrected chi connectivity index (χ1v) is 6.68. The Bertz CT molecular complexity index is 705. The number of nitro benzene ring substituents is 1. The van der Waals surface area contributed by atoms with E-state index < -0.39 is 4.92 Å². The second kappa shape index (κ2) is 5.13. The molecule has 1 aliphatic rings. The number of nitro groups is 1. The first-order chi connectivity index (χ1) is 10.1. The minimum Gasteiger partial charge on any atom is -0.336 e. The molecule has 1 aliphatic heterocycles. The van der Waals surface area contributed by atoms with Gasteiger partial charge in [0.15, 0.2) is 5.69 Å². The molecule has 1 amide bonds. The Morgan fingerprint density at radius 1 is 1.52 bits per heavy atom. The summed E-state index contributed by atoms with van der Waals surface area (Å²) in [7, 11) is 1.73. The smallest absolute Gasteiger partial charge is 0.275 e. The predicted molar refractivity (Wildman–Crippen MR) is 76.1 cm³/mol. The molecule has 2 N–H and O–H groups in total. The van der Waals surface area contributed by atoms with Crippen LogP contribution in [0.3, 0.4) is 0 Å². The van der Waals surface area contributed by atoms with Gasteiger partial charge in [0.2, 0.25) is 0 Å². The molecule has 1 unspecified atom stereocenters. The number of hydrogen-bond donors (Lipinski definition) is 2. The lowest BCUT2D eigenvalue weighted by molar-refractivity contribution is -0.384. The highest BCUT2D eigenvalue weighted by Crippen LogP contribution is 2.23. The van der Waals surface area contributed by atoms with Gasteiger partial charge in [-0.25, -0.2) is 0 Å². The summed E-state index contributed by atoms with van der Waals surface area (Å²) in [6, 6.07) is 4.46. The van der Waals surface area contributed by atoms with Crippen LogP contribution < -0.4 is 5.32 Å². The van der Waals surface area contributed by atoms with Crippen LogP contribution in [0.15, 0.2) is 18.2 Å². The second-order valence-corrected chi connectivity index (χ2v) is 5.12. The summed E-state index contributed by atoms with van der Waals surface area (Å²) in [6.45, 7) is 1.64. The topological polar surface area (TPSA) is 104 Å². The van der Waals surface area contributed by atoms with Crippen molar-refractivity contribution in [2.24, 2.45) is 0 Å². The molecule has 2 heterocycles. The molecule has 8 heteroatoms. The van der Waals surface area contributed by atoms with Gasteiger partial charge >= 0.3 is 0 Å². The van der Waals surface area contributed by atoms with Crippen LogP contribution in [0.4, 0.5) is 5.69 Å². The van der Waals surface area contributed by atoms with Crippen molar-refractivity contribution in [2.75, 3.05) is 20.1 Å². The van der Waals surface area contributed by atoms with E-state index >= 15 is 0 Å². The number of nitrogens with one attached hydrogen (secondary N) is 2. The number of rotatable bonds is 3. The van der Waals surface area contributed by atoms with Gasteiger partial charge in [0.25, 0.3) is 11.6 Å². The third-order valence-electron chi connectivity index (χ3n) is 3.86. The van der Waals surface area contributed by atoms with Crippen molar-refractivity contribution in [3.63, 3.8) is 0 Å². The lowest BCUT2D eigenvalue weighted by Crippen LogP contribution is -2.38. The average molecular weight is 289 g/mol. The van der Waals surface area contributed by atoms with Crippen molar-refractivity contribution in [3.05, 3.63) is 34.0 Å². The number of benzene rings is 1. The molecule has 0 spiro atoms. The lowest BCUT2D eigenvalue weighted by Gasteiger charge is -2.22. The first-order valence-electron chi connectivity index (χ1n) is 6.68. The van der Waals surface area contributed by atoms with E-state index in [9.17, 15) is 14.9 Å². The molecule has 0 saturated carbocycles. The number of aromatic nitrogens is 2. The maximum Gasteiger partial charge on any atom is 0.275 e. The van der Waals surface area contributed by atoms with Crippen molar-refractivity contribution < 1.29 is 9.72 Å². The summed E-state index contributed by atoms with van der Waals surface area (Å²) in [6.07, 6.45) is 0.894. The molecule has 1 saturated heterocycles. The molecule has 0 radical (unpaired) electrons. The zero-order valence-electron chi connectivity index (χ0n) is 11.5. The normalized spacial score (nSPS) is 18.0. The summed E-state index contributed by atoms with van der Waals surface area (Å²) in [5.74, 6) is -0.226. The maximum absolute atomic E-state index is 12.5. The number of carbonyl (C=O) groups is 1. The van der Waals surface area contributed by atoms with Crippen LogP contribution in [-0.2, 0) is 0 Å². The van der Waals surface area contributed by atoms with Crippen molar-refractivity contribution in [2.45, 2.75) is 12.5 Å². The zero-order chi connectivity index (χ0) is 15.0. The van der Waals surface area contributed by atoms with Crippen LogP contribution in [0, 0.1) is 10.1 Å². The minimum atomic E-state index is -0.481. The van der Waals surface area contributed by atoms with Gasteiger partial charge in [-0.2, -0.15) is 5.10 Å². The fourth-order valence-corrected chi connectivity index (χ4v) is 2.58. The Balaban J connectivity index is 1.97. The lowest BCUT2D eigenvalue weighted by atomic mass is 10.1. The average Bonchev–Trinajstić information content (AvgIpc) is 3.14. The molecule has 1 fully saturated rings. The number of likely N-dealkylation sites (N-methyl/N-ethyl adjacent to an activating group) is 1. The molecule has 1 atom stereocenters. The molecule has 8 nitrogen and oxygen atoms in total. The molecular weight excluding hydrogens is 274 g/mol. The van der Waals surface area contributed by atoms with Gasteiger partial charge < -0.3 is 10.2 Å². The van der Waals surface area contributed by atoms with Gasteiger partial charge in [0.05, 0.1) is 10.4 Å². The molecule has 1 aromatic carbocycles.